The van der Waals surface area contributed by atoms with E-state index in [1.165, 1.54) is 11.1 Å². The van der Waals surface area contributed by atoms with Crippen molar-refractivity contribution >= 4 is 0 Å². The fourth-order valence-corrected chi connectivity index (χ4v) is 1.56. The molecule has 0 amide bonds. The molecule has 1 aliphatic rings. The summed E-state index contributed by atoms with van der Waals surface area (Å²) in [5.41, 5.74) is 10.2. The Morgan fingerprint density at radius 1 is 1.30 bits per heavy atom. The SMILES string of the molecule is [NH][C@H]1CCc2ccccc21. The average molecular weight is 132 g/mol. The van der Waals surface area contributed by atoms with Gasteiger partial charge in [-0.2, -0.15) is 0 Å². The van der Waals surface area contributed by atoms with Crippen LogP contribution in [0.1, 0.15) is 23.6 Å². The van der Waals surface area contributed by atoms with Gasteiger partial charge in [0.2, 0.25) is 0 Å². The molecule has 10 heavy (non-hydrogen) atoms. The molecule has 1 aromatic carbocycles. The molecular weight excluding hydrogens is 122 g/mol. The molecule has 1 radical (unpaired) electrons. The molecule has 1 atom stereocenters. The summed E-state index contributed by atoms with van der Waals surface area (Å²) < 4.78 is 0. The molecule has 1 N–H and O–H groups in total. The van der Waals surface area contributed by atoms with Gasteiger partial charge in [-0.25, -0.2) is 5.73 Å². The van der Waals surface area contributed by atoms with Crippen LogP contribution in [0.2, 0.25) is 0 Å². The second kappa shape index (κ2) is 2.10. The van der Waals surface area contributed by atoms with Gasteiger partial charge in [0.1, 0.15) is 0 Å². The van der Waals surface area contributed by atoms with Gasteiger partial charge in [-0.15, -0.1) is 0 Å². The minimum Gasteiger partial charge on any atom is -0.250 e. The van der Waals surface area contributed by atoms with Gasteiger partial charge in [0.25, 0.3) is 0 Å². The second-order valence-corrected chi connectivity index (χ2v) is 2.79. The summed E-state index contributed by atoms with van der Waals surface area (Å²) in [5.74, 6) is 0. The Morgan fingerprint density at radius 2 is 2.10 bits per heavy atom. The number of nitrogens with one attached hydrogen (secondary N) is 1. The van der Waals surface area contributed by atoms with Crippen LogP contribution in [0.15, 0.2) is 24.3 Å². The van der Waals surface area contributed by atoms with E-state index in [1.54, 1.807) is 0 Å². The van der Waals surface area contributed by atoms with Crippen molar-refractivity contribution < 1.29 is 0 Å². The third kappa shape index (κ3) is 0.745. The lowest BCUT2D eigenvalue weighted by Crippen LogP contribution is -1.91. The molecule has 0 spiro atoms. The van der Waals surface area contributed by atoms with Crippen molar-refractivity contribution in [2.45, 2.75) is 18.9 Å². The minimum absolute atomic E-state index is 0.0520. The Bertz CT molecular complexity index is 242. The van der Waals surface area contributed by atoms with E-state index in [0.29, 0.717) is 0 Å². The maximum Gasteiger partial charge on any atom is 0.0468 e. The van der Waals surface area contributed by atoms with Gasteiger partial charge in [-0.3, -0.25) is 0 Å². The Hall–Kier alpha value is -0.820. The molecule has 1 aliphatic carbocycles. The quantitative estimate of drug-likeness (QED) is 0.515. The van der Waals surface area contributed by atoms with Gasteiger partial charge >= 0.3 is 0 Å². The molecular formula is C9H10N. The lowest BCUT2D eigenvalue weighted by Gasteiger charge is -2.00. The highest BCUT2D eigenvalue weighted by Crippen LogP contribution is 2.29. The number of benzene rings is 1. The van der Waals surface area contributed by atoms with Gasteiger partial charge in [-0.1, -0.05) is 24.3 Å². The molecule has 2 rings (SSSR count). The Morgan fingerprint density at radius 3 is 2.90 bits per heavy atom. The molecule has 0 saturated heterocycles. The van der Waals surface area contributed by atoms with Crippen molar-refractivity contribution in [3.8, 4) is 0 Å². The van der Waals surface area contributed by atoms with E-state index in [9.17, 15) is 0 Å². The molecule has 1 aromatic rings. The summed E-state index contributed by atoms with van der Waals surface area (Å²) in [6.45, 7) is 0. The first-order chi connectivity index (χ1) is 4.88. The van der Waals surface area contributed by atoms with Crippen molar-refractivity contribution in [2.75, 3.05) is 0 Å². The summed E-state index contributed by atoms with van der Waals surface area (Å²) in [7, 11) is 0. The Labute approximate surface area is 60.9 Å². The van der Waals surface area contributed by atoms with E-state index in [2.05, 4.69) is 18.2 Å². The third-order valence-corrected chi connectivity index (χ3v) is 2.13. The van der Waals surface area contributed by atoms with Crippen LogP contribution >= 0.6 is 0 Å². The smallest absolute Gasteiger partial charge is 0.0468 e. The molecule has 51 valence electrons. The van der Waals surface area contributed by atoms with E-state index in [0.717, 1.165) is 12.8 Å². The standard InChI is InChI=1S/C9H10N/c10-9-6-5-7-3-1-2-4-8(7)9/h1-4,9-10H,5-6H2/t9-/m0/s1. The molecule has 1 heteroatoms. The van der Waals surface area contributed by atoms with E-state index < -0.39 is 0 Å². The molecule has 0 aliphatic heterocycles. The highest BCUT2D eigenvalue weighted by Gasteiger charge is 2.17. The predicted octanol–water partition coefficient (Wildman–Crippen LogP) is 1.96. The summed E-state index contributed by atoms with van der Waals surface area (Å²) in [5, 5.41) is 0. The fraction of sp³-hybridized carbons (Fsp3) is 0.333. The maximum absolute atomic E-state index is 7.61. The summed E-state index contributed by atoms with van der Waals surface area (Å²) in [6, 6.07) is 8.32. The van der Waals surface area contributed by atoms with E-state index in [4.69, 9.17) is 5.73 Å². The monoisotopic (exact) mass is 132 g/mol. The number of hydrogen-bond acceptors (Lipinski definition) is 0. The van der Waals surface area contributed by atoms with Gasteiger partial charge in [0.05, 0.1) is 0 Å². The van der Waals surface area contributed by atoms with Crippen LogP contribution in [0.5, 0.6) is 0 Å². The molecule has 0 saturated carbocycles. The number of fused-ring (bicyclic) bond motifs is 1. The first kappa shape index (κ1) is 5.93. The molecule has 0 fully saturated rings. The van der Waals surface area contributed by atoms with Crippen molar-refractivity contribution in [3.05, 3.63) is 35.4 Å². The molecule has 0 heterocycles. The lowest BCUT2D eigenvalue weighted by molar-refractivity contribution is 0.691. The number of rotatable bonds is 0. The zero-order valence-electron chi connectivity index (χ0n) is 5.80. The normalized spacial score (nSPS) is 22.7. The molecule has 0 bridgehead atoms. The highest BCUT2D eigenvalue weighted by molar-refractivity contribution is 5.33. The maximum atomic E-state index is 7.61. The molecule has 0 aromatic heterocycles. The van der Waals surface area contributed by atoms with Crippen LogP contribution in [0, 0.1) is 0 Å². The summed E-state index contributed by atoms with van der Waals surface area (Å²) >= 11 is 0. The first-order valence-corrected chi connectivity index (χ1v) is 3.67. The minimum atomic E-state index is 0.0520. The van der Waals surface area contributed by atoms with Gasteiger partial charge in [0, 0.05) is 6.04 Å². The van der Waals surface area contributed by atoms with Crippen molar-refractivity contribution in [3.63, 3.8) is 0 Å². The third-order valence-electron chi connectivity index (χ3n) is 2.13. The van der Waals surface area contributed by atoms with Crippen LogP contribution in [0.25, 0.3) is 0 Å². The second-order valence-electron chi connectivity index (χ2n) is 2.79. The molecule has 0 unspecified atom stereocenters. The summed E-state index contributed by atoms with van der Waals surface area (Å²) in [4.78, 5) is 0. The number of aryl methyl sites for hydroxylation is 1. The van der Waals surface area contributed by atoms with Crippen molar-refractivity contribution in [1.29, 1.82) is 0 Å². The first-order valence-electron chi connectivity index (χ1n) is 3.67. The van der Waals surface area contributed by atoms with Crippen LogP contribution in [0.3, 0.4) is 0 Å². The van der Waals surface area contributed by atoms with Crippen LogP contribution in [-0.4, -0.2) is 0 Å². The molecule has 1 nitrogen and oxygen atoms in total. The Kier molecular flexibility index (Phi) is 1.24. The lowest BCUT2D eigenvalue weighted by atomic mass is 10.1. The van der Waals surface area contributed by atoms with E-state index in [-0.39, 0.29) is 6.04 Å². The fourth-order valence-electron chi connectivity index (χ4n) is 1.56. The highest BCUT2D eigenvalue weighted by atomic mass is 14.6. The van der Waals surface area contributed by atoms with Crippen LogP contribution < -0.4 is 5.73 Å². The zero-order valence-corrected chi connectivity index (χ0v) is 5.80. The van der Waals surface area contributed by atoms with Crippen molar-refractivity contribution in [2.24, 2.45) is 0 Å². The van der Waals surface area contributed by atoms with Crippen LogP contribution in [-0.2, 0) is 6.42 Å². The van der Waals surface area contributed by atoms with Crippen molar-refractivity contribution in [1.82, 2.24) is 5.73 Å². The average Bonchev–Trinajstić information content (AvgIpc) is 2.34. The van der Waals surface area contributed by atoms with Crippen LogP contribution in [0.4, 0.5) is 0 Å². The van der Waals surface area contributed by atoms with E-state index in [1.807, 2.05) is 6.07 Å². The number of hydrogen-bond donors (Lipinski definition) is 0. The van der Waals surface area contributed by atoms with Gasteiger partial charge in [0.15, 0.2) is 0 Å². The summed E-state index contributed by atoms with van der Waals surface area (Å²) in [6.07, 6.45) is 2.11. The Balaban J connectivity index is 2.51. The topological polar surface area (TPSA) is 23.8 Å². The zero-order chi connectivity index (χ0) is 6.97. The van der Waals surface area contributed by atoms with Gasteiger partial charge in [-0.05, 0) is 24.0 Å². The predicted molar refractivity (Wildman–Crippen MR) is 40.6 cm³/mol. The largest absolute Gasteiger partial charge is 0.250 e. The van der Waals surface area contributed by atoms with Gasteiger partial charge < -0.3 is 0 Å². The van der Waals surface area contributed by atoms with E-state index >= 15 is 0 Å².